The summed E-state index contributed by atoms with van der Waals surface area (Å²) in [5.41, 5.74) is 7.35. The maximum atomic E-state index is 7.21. The molecule has 0 radical (unpaired) electrons. The van der Waals surface area contributed by atoms with Crippen molar-refractivity contribution in [3.8, 4) is 0 Å². The number of benzene rings is 1. The number of hydrogen-bond donors (Lipinski definition) is 2. The molecule has 3 N–H and O–H groups in total. The first-order valence-corrected chi connectivity index (χ1v) is 4.17. The highest BCUT2D eigenvalue weighted by Gasteiger charge is 1.97. The van der Waals surface area contributed by atoms with Crippen LogP contribution in [0.25, 0.3) is 0 Å². The minimum atomic E-state index is 0.122. The van der Waals surface area contributed by atoms with Gasteiger partial charge in [0.05, 0.1) is 0 Å². The summed E-state index contributed by atoms with van der Waals surface area (Å²) in [7, 11) is 4.05. The molecule has 0 unspecified atom stereocenters. The standard InChI is InChI=1S/C10H15N3/c1-13(2)7-8-3-5-9(6-4-8)10(11)12/h3-6H,7H2,1-2H3,(H3,11,12). The van der Waals surface area contributed by atoms with Gasteiger partial charge in [0.15, 0.2) is 0 Å². The first-order valence-electron chi connectivity index (χ1n) is 4.17. The maximum absolute atomic E-state index is 7.21. The van der Waals surface area contributed by atoms with Gasteiger partial charge in [-0.15, -0.1) is 0 Å². The molecule has 13 heavy (non-hydrogen) atoms. The van der Waals surface area contributed by atoms with Crippen molar-refractivity contribution < 1.29 is 0 Å². The summed E-state index contributed by atoms with van der Waals surface area (Å²) in [4.78, 5) is 2.10. The van der Waals surface area contributed by atoms with E-state index in [2.05, 4.69) is 4.90 Å². The molecule has 0 atom stereocenters. The zero-order chi connectivity index (χ0) is 9.84. The van der Waals surface area contributed by atoms with Crippen LogP contribution in [0, 0.1) is 5.41 Å². The highest BCUT2D eigenvalue weighted by molar-refractivity contribution is 5.94. The van der Waals surface area contributed by atoms with Crippen LogP contribution in [0.15, 0.2) is 24.3 Å². The SMILES string of the molecule is CN(C)Cc1ccc(C(=N)N)cc1. The Labute approximate surface area is 78.7 Å². The average Bonchev–Trinajstić information content (AvgIpc) is 2.04. The van der Waals surface area contributed by atoms with Gasteiger partial charge >= 0.3 is 0 Å². The molecule has 0 amide bonds. The fourth-order valence-corrected chi connectivity index (χ4v) is 1.15. The van der Waals surface area contributed by atoms with Crippen LogP contribution in [0.1, 0.15) is 11.1 Å². The number of nitrogens with one attached hydrogen (secondary N) is 1. The van der Waals surface area contributed by atoms with Crippen LogP contribution in [0.5, 0.6) is 0 Å². The molecule has 0 saturated heterocycles. The third kappa shape index (κ3) is 2.87. The third-order valence-electron chi connectivity index (χ3n) is 1.76. The molecule has 0 aliphatic rings. The Hall–Kier alpha value is -1.35. The van der Waals surface area contributed by atoms with Crippen molar-refractivity contribution in [2.75, 3.05) is 14.1 Å². The van der Waals surface area contributed by atoms with Crippen LogP contribution in [0.3, 0.4) is 0 Å². The Bertz CT molecular complexity index is 288. The number of hydrogen-bond acceptors (Lipinski definition) is 2. The van der Waals surface area contributed by atoms with Gasteiger partial charge in [0.2, 0.25) is 0 Å². The summed E-state index contributed by atoms with van der Waals surface area (Å²) in [6.45, 7) is 0.915. The summed E-state index contributed by atoms with van der Waals surface area (Å²) in [5.74, 6) is 0.122. The molecule has 0 saturated carbocycles. The van der Waals surface area contributed by atoms with Gasteiger partial charge in [0.25, 0.3) is 0 Å². The van der Waals surface area contributed by atoms with E-state index in [1.807, 2.05) is 38.4 Å². The molecule has 3 heteroatoms. The fourth-order valence-electron chi connectivity index (χ4n) is 1.15. The molecular formula is C10H15N3. The number of nitrogens with zero attached hydrogens (tertiary/aromatic N) is 1. The number of rotatable bonds is 3. The Morgan fingerprint density at radius 3 is 2.23 bits per heavy atom. The van der Waals surface area contributed by atoms with Crippen LogP contribution < -0.4 is 5.73 Å². The molecule has 1 aromatic rings. The van der Waals surface area contributed by atoms with Crippen molar-refractivity contribution in [2.45, 2.75) is 6.54 Å². The van der Waals surface area contributed by atoms with Crippen LogP contribution in [-0.4, -0.2) is 24.8 Å². The molecule has 0 aliphatic carbocycles. The van der Waals surface area contributed by atoms with Crippen LogP contribution >= 0.6 is 0 Å². The normalized spacial score (nSPS) is 10.4. The lowest BCUT2D eigenvalue weighted by Gasteiger charge is -2.09. The van der Waals surface area contributed by atoms with E-state index in [0.717, 1.165) is 12.1 Å². The molecule has 70 valence electrons. The van der Waals surface area contributed by atoms with E-state index >= 15 is 0 Å². The highest BCUT2D eigenvalue weighted by atomic mass is 15.0. The lowest BCUT2D eigenvalue weighted by molar-refractivity contribution is 0.402. The molecule has 0 heterocycles. The summed E-state index contributed by atoms with van der Waals surface area (Å²) in [6, 6.07) is 7.75. The van der Waals surface area contributed by atoms with Gasteiger partial charge < -0.3 is 10.6 Å². The van der Waals surface area contributed by atoms with E-state index in [-0.39, 0.29) is 5.84 Å². The van der Waals surface area contributed by atoms with E-state index < -0.39 is 0 Å². The zero-order valence-corrected chi connectivity index (χ0v) is 8.04. The smallest absolute Gasteiger partial charge is 0.122 e. The molecule has 1 rings (SSSR count). The van der Waals surface area contributed by atoms with Gasteiger partial charge in [-0.05, 0) is 19.7 Å². The summed E-state index contributed by atoms with van der Waals surface area (Å²) in [6.07, 6.45) is 0. The second-order valence-electron chi connectivity index (χ2n) is 3.35. The van der Waals surface area contributed by atoms with Gasteiger partial charge in [0, 0.05) is 12.1 Å². The van der Waals surface area contributed by atoms with Gasteiger partial charge in [-0.3, -0.25) is 5.41 Å². The van der Waals surface area contributed by atoms with E-state index in [9.17, 15) is 0 Å². The van der Waals surface area contributed by atoms with Crippen molar-refractivity contribution in [1.29, 1.82) is 5.41 Å². The van der Waals surface area contributed by atoms with Crippen molar-refractivity contribution in [3.05, 3.63) is 35.4 Å². The lowest BCUT2D eigenvalue weighted by atomic mass is 10.1. The molecule has 0 bridgehead atoms. The van der Waals surface area contributed by atoms with E-state index in [1.165, 1.54) is 5.56 Å². The molecule has 0 spiro atoms. The Morgan fingerprint density at radius 1 is 1.31 bits per heavy atom. The van der Waals surface area contributed by atoms with Crippen molar-refractivity contribution in [3.63, 3.8) is 0 Å². The molecule has 0 aromatic heterocycles. The van der Waals surface area contributed by atoms with Gasteiger partial charge in [-0.25, -0.2) is 0 Å². The summed E-state index contributed by atoms with van der Waals surface area (Å²) >= 11 is 0. The molecule has 0 fully saturated rings. The third-order valence-corrected chi connectivity index (χ3v) is 1.76. The minimum Gasteiger partial charge on any atom is -0.384 e. The van der Waals surface area contributed by atoms with E-state index in [1.54, 1.807) is 0 Å². The largest absolute Gasteiger partial charge is 0.384 e. The van der Waals surface area contributed by atoms with Crippen molar-refractivity contribution >= 4 is 5.84 Å². The van der Waals surface area contributed by atoms with Crippen molar-refractivity contribution in [1.82, 2.24) is 4.90 Å². The molecule has 3 nitrogen and oxygen atoms in total. The fraction of sp³-hybridized carbons (Fsp3) is 0.300. The topological polar surface area (TPSA) is 53.1 Å². The minimum absolute atomic E-state index is 0.122. The Kier molecular flexibility index (Phi) is 3.03. The lowest BCUT2D eigenvalue weighted by Crippen LogP contribution is -2.12. The summed E-state index contributed by atoms with van der Waals surface area (Å²) in [5, 5.41) is 7.21. The second-order valence-corrected chi connectivity index (χ2v) is 3.35. The second kappa shape index (κ2) is 4.05. The molecule has 1 aromatic carbocycles. The first-order chi connectivity index (χ1) is 6.09. The van der Waals surface area contributed by atoms with Crippen molar-refractivity contribution in [2.24, 2.45) is 5.73 Å². The maximum Gasteiger partial charge on any atom is 0.122 e. The van der Waals surface area contributed by atoms with Crippen LogP contribution in [-0.2, 0) is 6.54 Å². The van der Waals surface area contributed by atoms with Crippen LogP contribution in [0.4, 0.5) is 0 Å². The zero-order valence-electron chi connectivity index (χ0n) is 8.04. The summed E-state index contributed by atoms with van der Waals surface area (Å²) < 4.78 is 0. The first kappa shape index (κ1) is 9.74. The Morgan fingerprint density at radius 2 is 1.85 bits per heavy atom. The number of nitrogens with two attached hydrogens (primary N) is 1. The van der Waals surface area contributed by atoms with Gasteiger partial charge in [0.1, 0.15) is 5.84 Å². The van der Waals surface area contributed by atoms with E-state index in [0.29, 0.717) is 0 Å². The van der Waals surface area contributed by atoms with Gasteiger partial charge in [-0.1, -0.05) is 24.3 Å². The number of amidine groups is 1. The van der Waals surface area contributed by atoms with Crippen LogP contribution in [0.2, 0.25) is 0 Å². The van der Waals surface area contributed by atoms with E-state index in [4.69, 9.17) is 11.1 Å². The molecular weight excluding hydrogens is 162 g/mol. The van der Waals surface area contributed by atoms with Gasteiger partial charge in [-0.2, -0.15) is 0 Å². The Balaban J connectivity index is 2.75. The highest BCUT2D eigenvalue weighted by Crippen LogP contribution is 2.05. The monoisotopic (exact) mass is 177 g/mol. The molecule has 0 aliphatic heterocycles. The average molecular weight is 177 g/mol. The number of nitrogen functional groups attached to an aromatic ring is 1. The quantitative estimate of drug-likeness (QED) is 0.535. The predicted molar refractivity (Wildman–Crippen MR) is 54.8 cm³/mol. The predicted octanol–water partition coefficient (Wildman–Crippen LogP) is 1.03.